The monoisotopic (exact) mass is 300 g/mol. The van der Waals surface area contributed by atoms with E-state index in [-0.39, 0.29) is 11.5 Å². The molecule has 4 nitrogen and oxygen atoms in total. The molecule has 2 aromatic rings. The van der Waals surface area contributed by atoms with Crippen LogP contribution in [-0.4, -0.2) is 17.4 Å². The van der Waals surface area contributed by atoms with Crippen LogP contribution in [0.2, 0.25) is 0 Å². The van der Waals surface area contributed by atoms with Gasteiger partial charge in [-0.2, -0.15) is 0 Å². The Morgan fingerprint density at radius 2 is 1.95 bits per heavy atom. The fraction of sp³-hybridized carbons (Fsp3) is 0.444. The molecule has 0 aliphatic carbocycles. The Hall–Kier alpha value is -2.10. The molecule has 1 aromatic heterocycles. The number of hydrogen-bond donors (Lipinski definition) is 2. The van der Waals surface area contributed by atoms with E-state index in [0.29, 0.717) is 30.9 Å². The van der Waals surface area contributed by atoms with E-state index in [4.69, 9.17) is 0 Å². The van der Waals surface area contributed by atoms with E-state index < -0.39 is 0 Å². The van der Waals surface area contributed by atoms with E-state index >= 15 is 0 Å². The lowest BCUT2D eigenvalue weighted by Crippen LogP contribution is -2.28. The maximum atomic E-state index is 12.1. The van der Waals surface area contributed by atoms with Gasteiger partial charge in [0.1, 0.15) is 0 Å². The quantitative estimate of drug-likeness (QED) is 0.892. The molecule has 0 saturated carbocycles. The highest BCUT2D eigenvalue weighted by Crippen LogP contribution is 2.18. The summed E-state index contributed by atoms with van der Waals surface area (Å²) in [6.07, 6.45) is 0.800. The van der Waals surface area contributed by atoms with E-state index in [1.54, 1.807) is 0 Å². The average molecular weight is 300 g/mol. The largest absolute Gasteiger partial charge is 0.356 e. The highest BCUT2D eigenvalue weighted by atomic mass is 16.1. The Bertz CT molecular complexity index is 745. The van der Waals surface area contributed by atoms with Gasteiger partial charge in [0.2, 0.25) is 5.91 Å². The summed E-state index contributed by atoms with van der Waals surface area (Å²) in [5, 5.41) is 3.92. The molecule has 0 unspecified atom stereocenters. The lowest BCUT2D eigenvalue weighted by Gasteiger charge is -2.09. The third-order valence-corrected chi connectivity index (χ3v) is 3.72. The predicted molar refractivity (Wildman–Crippen MR) is 90.2 cm³/mol. The summed E-state index contributed by atoms with van der Waals surface area (Å²) in [6, 6.07) is 5.99. The topological polar surface area (TPSA) is 62.0 Å². The summed E-state index contributed by atoms with van der Waals surface area (Å²) in [7, 11) is 0. The SMILES string of the molecule is Cc1cc(C)c2cc(CCC(=O)NCC(C)C)c(=O)[nH]c2c1. The number of aryl methyl sites for hydroxylation is 3. The normalized spacial score (nSPS) is 11.1. The molecular weight excluding hydrogens is 276 g/mol. The van der Waals surface area contributed by atoms with Gasteiger partial charge in [-0.3, -0.25) is 9.59 Å². The number of rotatable bonds is 5. The average Bonchev–Trinajstić information content (AvgIpc) is 2.42. The zero-order chi connectivity index (χ0) is 16.3. The number of nitrogens with one attached hydrogen (secondary N) is 2. The molecule has 0 atom stereocenters. The zero-order valence-corrected chi connectivity index (χ0v) is 13.7. The second kappa shape index (κ2) is 6.77. The van der Waals surface area contributed by atoms with E-state index in [1.807, 2.05) is 26.0 Å². The van der Waals surface area contributed by atoms with Crippen molar-refractivity contribution in [2.24, 2.45) is 5.92 Å². The molecule has 0 aliphatic rings. The van der Waals surface area contributed by atoms with Crippen molar-refractivity contribution < 1.29 is 4.79 Å². The van der Waals surface area contributed by atoms with Crippen molar-refractivity contribution in [1.29, 1.82) is 0 Å². The van der Waals surface area contributed by atoms with Crippen LogP contribution in [0.1, 0.15) is 37.0 Å². The molecule has 0 radical (unpaired) electrons. The fourth-order valence-electron chi connectivity index (χ4n) is 2.56. The van der Waals surface area contributed by atoms with Gasteiger partial charge in [-0.15, -0.1) is 0 Å². The highest BCUT2D eigenvalue weighted by molar-refractivity contribution is 5.83. The summed E-state index contributed by atoms with van der Waals surface area (Å²) in [5.74, 6) is 0.424. The standard InChI is InChI=1S/C18H24N2O2/c1-11(2)10-19-17(21)6-5-14-9-15-13(4)7-12(3)8-16(15)20-18(14)22/h7-9,11H,5-6,10H2,1-4H3,(H,19,21)(H,20,22). The van der Waals surface area contributed by atoms with Crippen LogP contribution in [0.3, 0.4) is 0 Å². The Kier molecular flexibility index (Phi) is 5.01. The molecule has 0 bridgehead atoms. The zero-order valence-electron chi connectivity index (χ0n) is 13.7. The second-order valence-corrected chi connectivity index (χ2v) is 6.36. The van der Waals surface area contributed by atoms with Crippen molar-refractivity contribution in [1.82, 2.24) is 10.3 Å². The van der Waals surface area contributed by atoms with Crippen LogP contribution in [-0.2, 0) is 11.2 Å². The van der Waals surface area contributed by atoms with Gasteiger partial charge in [-0.1, -0.05) is 19.9 Å². The first-order chi connectivity index (χ1) is 10.4. The van der Waals surface area contributed by atoms with Crippen LogP contribution in [0.15, 0.2) is 23.0 Å². The van der Waals surface area contributed by atoms with E-state index in [1.165, 1.54) is 0 Å². The minimum Gasteiger partial charge on any atom is -0.356 e. The number of hydrogen-bond acceptors (Lipinski definition) is 2. The van der Waals surface area contributed by atoms with Gasteiger partial charge < -0.3 is 10.3 Å². The molecule has 22 heavy (non-hydrogen) atoms. The molecule has 2 rings (SSSR count). The van der Waals surface area contributed by atoms with Crippen molar-refractivity contribution in [3.05, 3.63) is 45.2 Å². The summed E-state index contributed by atoms with van der Waals surface area (Å²) in [5.41, 5.74) is 3.68. The molecule has 1 aromatic carbocycles. The van der Waals surface area contributed by atoms with Gasteiger partial charge >= 0.3 is 0 Å². The van der Waals surface area contributed by atoms with Crippen LogP contribution in [0.25, 0.3) is 10.9 Å². The maximum Gasteiger partial charge on any atom is 0.251 e. The number of H-pyrrole nitrogens is 1. The lowest BCUT2D eigenvalue weighted by molar-refractivity contribution is -0.121. The van der Waals surface area contributed by atoms with Crippen LogP contribution < -0.4 is 10.9 Å². The number of aromatic nitrogens is 1. The van der Waals surface area contributed by atoms with Gasteiger partial charge in [0.05, 0.1) is 0 Å². The Balaban J connectivity index is 2.16. The van der Waals surface area contributed by atoms with E-state index in [2.05, 4.69) is 30.2 Å². The molecule has 0 saturated heterocycles. The minimum atomic E-state index is -0.103. The first kappa shape index (κ1) is 16.3. The highest BCUT2D eigenvalue weighted by Gasteiger charge is 2.08. The molecule has 2 N–H and O–H groups in total. The fourth-order valence-corrected chi connectivity index (χ4v) is 2.56. The predicted octanol–water partition coefficient (Wildman–Crippen LogP) is 2.85. The lowest BCUT2D eigenvalue weighted by atomic mass is 10.0. The minimum absolute atomic E-state index is 0.00572. The van der Waals surface area contributed by atoms with Crippen molar-refractivity contribution >= 4 is 16.8 Å². The van der Waals surface area contributed by atoms with Gasteiger partial charge in [-0.05, 0) is 49.4 Å². The summed E-state index contributed by atoms with van der Waals surface area (Å²) in [4.78, 5) is 26.9. The number of benzene rings is 1. The van der Waals surface area contributed by atoms with E-state index in [9.17, 15) is 9.59 Å². The summed E-state index contributed by atoms with van der Waals surface area (Å²) < 4.78 is 0. The molecule has 0 aliphatic heterocycles. The number of pyridine rings is 1. The molecule has 0 spiro atoms. The van der Waals surface area contributed by atoms with E-state index in [0.717, 1.165) is 22.0 Å². The van der Waals surface area contributed by atoms with Gasteiger partial charge in [-0.25, -0.2) is 0 Å². The smallest absolute Gasteiger partial charge is 0.251 e. The molecule has 4 heteroatoms. The molecular formula is C18H24N2O2. The number of aromatic amines is 1. The van der Waals surface area contributed by atoms with Crippen LogP contribution in [0, 0.1) is 19.8 Å². The number of amides is 1. The van der Waals surface area contributed by atoms with Crippen molar-refractivity contribution in [3.8, 4) is 0 Å². The van der Waals surface area contributed by atoms with Crippen LogP contribution in [0.4, 0.5) is 0 Å². The van der Waals surface area contributed by atoms with Crippen molar-refractivity contribution in [2.75, 3.05) is 6.54 Å². The number of carbonyl (C=O) groups excluding carboxylic acids is 1. The van der Waals surface area contributed by atoms with Crippen molar-refractivity contribution in [2.45, 2.75) is 40.5 Å². The molecule has 0 fully saturated rings. The van der Waals surface area contributed by atoms with Crippen LogP contribution >= 0.6 is 0 Å². The third kappa shape index (κ3) is 3.97. The number of fused-ring (bicyclic) bond motifs is 1. The Morgan fingerprint density at radius 1 is 1.23 bits per heavy atom. The first-order valence-electron chi connectivity index (χ1n) is 7.76. The molecule has 1 amide bonds. The van der Waals surface area contributed by atoms with Crippen molar-refractivity contribution in [3.63, 3.8) is 0 Å². The third-order valence-electron chi connectivity index (χ3n) is 3.72. The van der Waals surface area contributed by atoms with Gasteiger partial charge in [0.15, 0.2) is 0 Å². The van der Waals surface area contributed by atoms with Gasteiger partial charge in [0.25, 0.3) is 5.56 Å². The molecule has 1 heterocycles. The summed E-state index contributed by atoms with van der Waals surface area (Å²) in [6.45, 7) is 8.83. The van der Waals surface area contributed by atoms with Gasteiger partial charge in [0, 0.05) is 29.4 Å². The number of carbonyl (C=O) groups is 1. The Morgan fingerprint density at radius 3 is 2.64 bits per heavy atom. The Labute approximate surface area is 130 Å². The summed E-state index contributed by atoms with van der Waals surface area (Å²) >= 11 is 0. The van der Waals surface area contributed by atoms with Crippen LogP contribution in [0.5, 0.6) is 0 Å². The second-order valence-electron chi connectivity index (χ2n) is 6.36. The maximum absolute atomic E-state index is 12.1. The molecule has 118 valence electrons. The first-order valence-corrected chi connectivity index (χ1v) is 7.76.